The summed E-state index contributed by atoms with van der Waals surface area (Å²) < 4.78 is 10.3. The molecule has 0 saturated carbocycles. The number of aromatic hydroxyl groups is 2. The van der Waals surface area contributed by atoms with Crippen molar-refractivity contribution in [3.8, 4) is 23.0 Å². The smallest absolute Gasteiger partial charge is 0.271 e. The predicted molar refractivity (Wildman–Crippen MR) is 202 cm³/mol. The maximum absolute atomic E-state index is 12.0. The highest BCUT2D eigenvalue weighted by Gasteiger charge is 2.11. The monoisotopic (exact) mass is 762 g/mol. The highest BCUT2D eigenvalue weighted by Crippen LogP contribution is 2.30. The van der Waals surface area contributed by atoms with Crippen LogP contribution in [0.15, 0.2) is 66.1 Å². The van der Waals surface area contributed by atoms with Crippen molar-refractivity contribution in [3.63, 3.8) is 0 Å². The molecule has 2 amide bonds. The van der Waals surface area contributed by atoms with Gasteiger partial charge in [0.1, 0.15) is 29.3 Å². The van der Waals surface area contributed by atoms with E-state index in [-0.39, 0.29) is 48.2 Å². The normalized spacial score (nSPS) is 9.87. The summed E-state index contributed by atoms with van der Waals surface area (Å²) in [6, 6.07) is 12.4. The Morgan fingerprint density at radius 1 is 0.846 bits per heavy atom. The number of alkyl halides is 1. The number of nitrogens with zero attached hydrogens (tertiary/aromatic N) is 5. The predicted octanol–water partition coefficient (Wildman–Crippen LogP) is 7.34. The number of halogens is 1. The molecule has 16 nitrogen and oxygen atoms in total. The third kappa shape index (κ3) is 11.1. The van der Waals surface area contributed by atoms with Crippen LogP contribution in [0.2, 0.25) is 0 Å². The summed E-state index contributed by atoms with van der Waals surface area (Å²) in [5.41, 5.74) is 3.93. The van der Waals surface area contributed by atoms with Gasteiger partial charge in [0.2, 0.25) is 11.8 Å². The Kier molecular flexibility index (Phi) is 14.8. The average molecular weight is 763 g/mol. The number of rotatable bonds is 8. The summed E-state index contributed by atoms with van der Waals surface area (Å²) in [6.45, 7) is 13.7. The van der Waals surface area contributed by atoms with Gasteiger partial charge in [0.15, 0.2) is 32.9 Å². The number of hydrogen-bond acceptors (Lipinski definition) is 11. The molecule has 0 radical (unpaired) electrons. The molecule has 0 spiro atoms. The number of ether oxygens (including phenoxy) is 2. The van der Waals surface area contributed by atoms with E-state index in [1.807, 2.05) is 0 Å². The zero-order valence-corrected chi connectivity index (χ0v) is 29.0. The number of phenols is 2. The summed E-state index contributed by atoms with van der Waals surface area (Å²) in [5.74, 6) is 0.707. The Balaban J connectivity index is 0.000000229. The van der Waals surface area contributed by atoms with Crippen LogP contribution in [0.1, 0.15) is 7.43 Å². The molecule has 2 aromatic carbocycles. The molecule has 0 saturated heterocycles. The molecule has 0 aliphatic carbocycles. The topological polar surface area (TPSA) is 212 Å². The number of carbonyl (C=O) groups excluding carboxylic acids is 2. The van der Waals surface area contributed by atoms with Crippen molar-refractivity contribution in [3.05, 3.63) is 88.5 Å². The second-order valence-electron chi connectivity index (χ2n) is 9.78. The zero-order chi connectivity index (χ0) is 36.9. The lowest BCUT2D eigenvalue weighted by molar-refractivity contribution is -0.114. The number of H-pyrrole nitrogens is 3. The fourth-order valence-corrected chi connectivity index (χ4v) is 5.02. The van der Waals surface area contributed by atoms with Crippen LogP contribution >= 0.6 is 35.6 Å². The van der Waals surface area contributed by atoms with E-state index in [2.05, 4.69) is 50.2 Å². The minimum atomic E-state index is -0.323. The number of phenolic OH excluding ortho intramolecular Hbond substituents is 2. The molecule has 6 aromatic rings. The van der Waals surface area contributed by atoms with Gasteiger partial charge in [-0.2, -0.15) is 0 Å². The van der Waals surface area contributed by atoms with E-state index >= 15 is 0 Å². The third-order valence-electron chi connectivity index (χ3n) is 6.33. The molecular weight excluding hydrogens is 732 g/mol. The first-order chi connectivity index (χ1) is 24.5. The Labute approximate surface area is 311 Å². The summed E-state index contributed by atoms with van der Waals surface area (Å²) in [5, 5.41) is 24.8. The number of thioether (sulfide) groups is 1. The molecule has 0 atom stereocenters. The number of aromatic nitrogens is 6. The van der Waals surface area contributed by atoms with E-state index in [9.17, 15) is 19.8 Å². The first-order valence-corrected chi connectivity index (χ1v) is 16.2. The van der Waals surface area contributed by atoms with Crippen LogP contribution in [0.5, 0.6) is 23.0 Å². The number of benzene rings is 2. The highest BCUT2D eigenvalue weighted by atomic mass is 35.5. The Morgan fingerprint density at radius 2 is 1.38 bits per heavy atom. The number of carbonyl (C=O) groups is 2. The first-order valence-electron chi connectivity index (χ1n) is 14.3. The van der Waals surface area contributed by atoms with E-state index < -0.39 is 0 Å². The molecule has 4 aromatic heterocycles. The minimum Gasteiger partial charge on any atom is -0.504 e. The third-order valence-corrected chi connectivity index (χ3v) is 7.65. The van der Waals surface area contributed by atoms with Crippen LogP contribution in [-0.2, 0) is 9.59 Å². The van der Waals surface area contributed by atoms with Gasteiger partial charge in [0, 0.05) is 23.5 Å². The van der Waals surface area contributed by atoms with Gasteiger partial charge < -0.3 is 55.0 Å². The van der Waals surface area contributed by atoms with Crippen LogP contribution in [0.3, 0.4) is 0 Å². The van der Waals surface area contributed by atoms with Crippen molar-refractivity contribution >= 4 is 92.5 Å². The van der Waals surface area contributed by atoms with E-state index in [0.29, 0.717) is 49.7 Å². The van der Waals surface area contributed by atoms with Crippen molar-refractivity contribution in [2.45, 2.75) is 12.6 Å². The van der Waals surface area contributed by atoms with Gasteiger partial charge in [0.05, 0.1) is 31.0 Å². The molecule has 0 unspecified atom stereocenters. The lowest BCUT2D eigenvalue weighted by Crippen LogP contribution is -2.14. The Bertz CT molecular complexity index is 2330. The Hall–Kier alpha value is -6.34. The molecule has 0 fully saturated rings. The molecule has 0 aliphatic rings. The number of imidazole rings is 2. The maximum atomic E-state index is 12.0. The molecule has 0 bridgehead atoms. The number of fused-ring (bicyclic) bond motifs is 2. The Morgan fingerprint density at radius 3 is 1.92 bits per heavy atom. The summed E-state index contributed by atoms with van der Waals surface area (Å²) >= 11 is 11.4. The van der Waals surface area contributed by atoms with Gasteiger partial charge in [-0.25, -0.2) is 4.98 Å². The van der Waals surface area contributed by atoms with Crippen molar-refractivity contribution < 1.29 is 29.3 Å². The van der Waals surface area contributed by atoms with Gasteiger partial charge in [-0.3, -0.25) is 9.59 Å². The van der Waals surface area contributed by atoms with Crippen LogP contribution in [-0.4, -0.2) is 77.8 Å². The number of nitrogens with one attached hydrogen (secondary N) is 5. The molecule has 268 valence electrons. The van der Waals surface area contributed by atoms with Crippen molar-refractivity contribution in [1.82, 2.24) is 29.9 Å². The molecule has 4 heterocycles. The molecule has 19 heteroatoms. The lowest BCUT2D eigenvalue weighted by atomic mass is 10.3. The number of methoxy groups -OCH3 is 2. The number of hydrogen-bond donors (Lipinski definition) is 7. The molecule has 52 heavy (non-hydrogen) atoms. The van der Waals surface area contributed by atoms with Gasteiger partial charge in [-0.05, 0) is 48.6 Å². The largest absolute Gasteiger partial charge is 0.504 e. The zero-order valence-electron chi connectivity index (χ0n) is 26.6. The van der Waals surface area contributed by atoms with Gasteiger partial charge in [-0.15, -0.1) is 21.6 Å². The second-order valence-corrected chi connectivity index (χ2v) is 11.4. The quantitative estimate of drug-likeness (QED) is 0.0353. The van der Waals surface area contributed by atoms with E-state index in [1.54, 1.807) is 48.8 Å². The van der Waals surface area contributed by atoms with E-state index in [0.717, 1.165) is 11.0 Å². The fraction of sp³-hybridized carbons (Fsp3) is 0.152. The summed E-state index contributed by atoms with van der Waals surface area (Å²) in [7, 11) is 2.90. The standard InChI is InChI=1S/C16H13N5O3S.C9H10ClNO3.C7H4N4S.CH4/c1-17-14-6-10-11(7-18-14)21-16(20-10)25-8-15(23)19-9-3-4-13(24-2)12(22)5-9;1-14-8-3-2-6(4-7(8)12)11-9(13)5-10;1-8-6-2-4-5(3-9-6)11-7(12)10-4;/h3-7,22H,8H2,2H3,(H,19,23)(H,20,21);2-4,12H,5H2,1H3,(H,11,13);2-3H,(H2,10,11,12);1H4. The number of amides is 2. The van der Waals surface area contributed by atoms with E-state index in [4.69, 9.17) is 46.4 Å². The maximum Gasteiger partial charge on any atom is 0.271 e. The van der Waals surface area contributed by atoms with Crippen LogP contribution < -0.4 is 20.1 Å². The lowest BCUT2D eigenvalue weighted by Gasteiger charge is -2.07. The average Bonchev–Trinajstić information content (AvgIpc) is 3.72. The molecular formula is C33H31ClN10O6S2. The summed E-state index contributed by atoms with van der Waals surface area (Å²) in [6.07, 6.45) is 3.13. The van der Waals surface area contributed by atoms with Crippen molar-refractivity contribution in [1.29, 1.82) is 0 Å². The van der Waals surface area contributed by atoms with Gasteiger partial charge in [-0.1, -0.05) is 32.3 Å². The fourth-order valence-electron chi connectivity index (χ4n) is 4.05. The number of pyridine rings is 2. The highest BCUT2D eigenvalue weighted by molar-refractivity contribution is 7.99. The SMILES string of the molecule is C.COc1ccc(NC(=O)CCl)cc1O.[C-]#[N+]c1cc2[nH]c(=S)[nH]c2cn1.[C-]#[N+]c1cc2nc(SCC(=O)Nc3ccc(OC)c(O)c3)[nH]c2cn1. The van der Waals surface area contributed by atoms with Crippen LogP contribution in [0.25, 0.3) is 31.8 Å². The summed E-state index contributed by atoms with van der Waals surface area (Å²) in [4.78, 5) is 50.4. The molecule has 7 N–H and O–H groups in total. The van der Waals surface area contributed by atoms with E-state index in [1.165, 1.54) is 38.1 Å². The second kappa shape index (κ2) is 19.2. The van der Waals surface area contributed by atoms with Crippen LogP contribution in [0, 0.1) is 17.9 Å². The minimum absolute atomic E-state index is 0. The van der Waals surface area contributed by atoms with Gasteiger partial charge >= 0.3 is 0 Å². The molecule has 6 rings (SSSR count). The van der Waals surface area contributed by atoms with Crippen molar-refractivity contribution in [2.24, 2.45) is 0 Å². The first kappa shape index (κ1) is 40.1. The number of aromatic amines is 3. The van der Waals surface area contributed by atoms with Crippen LogP contribution in [0.4, 0.5) is 23.0 Å². The number of anilines is 2. The van der Waals surface area contributed by atoms with Gasteiger partial charge in [0.25, 0.3) is 11.6 Å². The van der Waals surface area contributed by atoms with Crippen molar-refractivity contribution in [2.75, 3.05) is 36.5 Å². The molecule has 0 aliphatic heterocycles.